The number of urea groups is 1. The van der Waals surface area contributed by atoms with Crippen LogP contribution in [0.15, 0.2) is 24.6 Å². The first kappa shape index (κ1) is 6.63. The standard InChI is InChI=1S/C5H7N3O2/c6-5(9)7-3-1-2-4-8(7)10/h1-4,10H,(H2,6,9). The number of hydrazine groups is 1. The first-order valence-electron chi connectivity index (χ1n) is 2.63. The van der Waals surface area contributed by atoms with E-state index in [1.165, 1.54) is 12.4 Å². The minimum absolute atomic E-state index is 0.600. The summed E-state index contributed by atoms with van der Waals surface area (Å²) in [5.41, 5.74) is 4.86. The Balaban J connectivity index is 2.70. The number of carbonyl (C=O) groups is 1. The summed E-state index contributed by atoms with van der Waals surface area (Å²) in [5.74, 6) is 0. The lowest BCUT2D eigenvalue weighted by Crippen LogP contribution is -2.41. The van der Waals surface area contributed by atoms with Crippen molar-refractivity contribution in [3.63, 3.8) is 0 Å². The largest absolute Gasteiger partial charge is 0.350 e. The SMILES string of the molecule is NC(=O)N1C=CC=CN1O. The number of hydrogen-bond acceptors (Lipinski definition) is 3. The first-order chi connectivity index (χ1) is 4.72. The molecule has 54 valence electrons. The molecule has 0 saturated heterocycles. The Morgan fingerprint density at radius 3 is 2.40 bits per heavy atom. The predicted octanol–water partition coefficient (Wildman–Crippen LogP) is 0.0143. The summed E-state index contributed by atoms with van der Waals surface area (Å²) in [6.07, 6.45) is 5.80. The molecule has 0 aliphatic carbocycles. The molecule has 0 unspecified atom stereocenters. The van der Waals surface area contributed by atoms with Crippen molar-refractivity contribution in [3.8, 4) is 0 Å². The lowest BCUT2D eigenvalue weighted by molar-refractivity contribution is -0.156. The van der Waals surface area contributed by atoms with Gasteiger partial charge in [0.1, 0.15) is 0 Å². The summed E-state index contributed by atoms with van der Waals surface area (Å²) in [7, 11) is 0. The van der Waals surface area contributed by atoms with Crippen molar-refractivity contribution in [2.75, 3.05) is 0 Å². The van der Waals surface area contributed by atoms with E-state index in [0.717, 1.165) is 5.01 Å². The molecule has 1 heterocycles. The van der Waals surface area contributed by atoms with E-state index in [2.05, 4.69) is 0 Å². The Morgan fingerprint density at radius 1 is 1.40 bits per heavy atom. The van der Waals surface area contributed by atoms with Gasteiger partial charge in [-0.2, -0.15) is 10.2 Å². The fourth-order valence-electron chi connectivity index (χ4n) is 0.572. The van der Waals surface area contributed by atoms with Crippen LogP contribution < -0.4 is 5.73 Å². The molecule has 1 aliphatic rings. The van der Waals surface area contributed by atoms with Gasteiger partial charge in [-0.1, -0.05) is 0 Å². The summed E-state index contributed by atoms with van der Waals surface area (Å²) in [6, 6.07) is -0.733. The highest BCUT2D eigenvalue weighted by atomic mass is 16.6. The van der Waals surface area contributed by atoms with Gasteiger partial charge < -0.3 is 5.73 Å². The van der Waals surface area contributed by atoms with Crippen LogP contribution >= 0.6 is 0 Å². The van der Waals surface area contributed by atoms with Crippen LogP contribution in [0.1, 0.15) is 0 Å². The topological polar surface area (TPSA) is 69.8 Å². The van der Waals surface area contributed by atoms with Crippen molar-refractivity contribution in [1.82, 2.24) is 10.2 Å². The number of hydroxylamine groups is 1. The van der Waals surface area contributed by atoms with Gasteiger partial charge >= 0.3 is 6.03 Å². The molecule has 0 aromatic heterocycles. The maximum Gasteiger partial charge on any atom is 0.339 e. The molecular formula is C5H7N3O2. The number of nitrogens with two attached hydrogens (primary N) is 1. The monoisotopic (exact) mass is 141 g/mol. The predicted molar refractivity (Wildman–Crippen MR) is 33.3 cm³/mol. The molecule has 0 bridgehead atoms. The van der Waals surface area contributed by atoms with E-state index < -0.39 is 6.03 Å². The Hall–Kier alpha value is -1.49. The fourth-order valence-corrected chi connectivity index (χ4v) is 0.572. The number of primary amides is 1. The van der Waals surface area contributed by atoms with Crippen molar-refractivity contribution in [2.45, 2.75) is 0 Å². The summed E-state index contributed by atoms with van der Waals surface area (Å²) in [6.45, 7) is 0. The van der Waals surface area contributed by atoms with Gasteiger partial charge in [-0.3, -0.25) is 5.21 Å². The summed E-state index contributed by atoms with van der Waals surface area (Å²) in [4.78, 5) is 10.4. The summed E-state index contributed by atoms with van der Waals surface area (Å²) < 4.78 is 0. The number of amides is 2. The minimum atomic E-state index is -0.733. The summed E-state index contributed by atoms with van der Waals surface area (Å²) >= 11 is 0. The molecule has 1 rings (SSSR count). The average Bonchev–Trinajstić information content (AvgIpc) is 1.88. The van der Waals surface area contributed by atoms with E-state index in [1.807, 2.05) is 0 Å². The highest BCUT2D eigenvalue weighted by molar-refractivity contribution is 5.72. The van der Waals surface area contributed by atoms with Gasteiger partial charge in [0.25, 0.3) is 0 Å². The average molecular weight is 141 g/mol. The molecule has 10 heavy (non-hydrogen) atoms. The third-order valence-electron chi connectivity index (χ3n) is 1.00. The molecule has 2 amide bonds. The van der Waals surface area contributed by atoms with Crippen molar-refractivity contribution in [1.29, 1.82) is 0 Å². The van der Waals surface area contributed by atoms with Gasteiger partial charge in [-0.25, -0.2) is 4.79 Å². The molecule has 0 aromatic rings. The second-order valence-electron chi connectivity index (χ2n) is 1.69. The number of nitrogens with zero attached hydrogens (tertiary/aromatic N) is 2. The van der Waals surface area contributed by atoms with Gasteiger partial charge in [0.2, 0.25) is 0 Å². The van der Waals surface area contributed by atoms with Crippen LogP contribution in [-0.2, 0) is 0 Å². The fraction of sp³-hybridized carbons (Fsp3) is 0. The maximum absolute atomic E-state index is 10.4. The van der Waals surface area contributed by atoms with Gasteiger partial charge in [-0.15, -0.1) is 0 Å². The van der Waals surface area contributed by atoms with E-state index in [0.29, 0.717) is 5.17 Å². The quantitative estimate of drug-likeness (QED) is 0.499. The number of rotatable bonds is 0. The molecule has 0 spiro atoms. The van der Waals surface area contributed by atoms with Crippen molar-refractivity contribution < 1.29 is 10.0 Å². The van der Waals surface area contributed by atoms with Gasteiger partial charge in [0.05, 0.1) is 6.20 Å². The van der Waals surface area contributed by atoms with Crippen LogP contribution in [0.4, 0.5) is 4.79 Å². The molecule has 3 N–H and O–H groups in total. The lowest BCUT2D eigenvalue weighted by atomic mass is 10.5. The first-order valence-corrected chi connectivity index (χ1v) is 2.63. The Labute approximate surface area is 57.6 Å². The lowest BCUT2D eigenvalue weighted by Gasteiger charge is -2.24. The molecule has 0 saturated carbocycles. The number of hydrogen-bond donors (Lipinski definition) is 2. The Bertz CT molecular complexity index is 199. The number of carbonyl (C=O) groups excluding carboxylic acids is 1. The van der Waals surface area contributed by atoms with Crippen molar-refractivity contribution >= 4 is 6.03 Å². The molecular weight excluding hydrogens is 134 g/mol. The van der Waals surface area contributed by atoms with Crippen molar-refractivity contribution in [2.24, 2.45) is 5.73 Å². The van der Waals surface area contributed by atoms with Gasteiger partial charge in [-0.05, 0) is 12.2 Å². The highest BCUT2D eigenvalue weighted by Crippen LogP contribution is 2.01. The smallest absolute Gasteiger partial charge is 0.339 e. The van der Waals surface area contributed by atoms with Crippen LogP contribution in [0.25, 0.3) is 0 Å². The van der Waals surface area contributed by atoms with E-state index in [-0.39, 0.29) is 0 Å². The third-order valence-corrected chi connectivity index (χ3v) is 1.00. The maximum atomic E-state index is 10.4. The van der Waals surface area contributed by atoms with Crippen molar-refractivity contribution in [3.05, 3.63) is 24.6 Å². The molecule has 1 aliphatic heterocycles. The highest BCUT2D eigenvalue weighted by Gasteiger charge is 2.11. The molecule has 5 heteroatoms. The molecule has 0 atom stereocenters. The van der Waals surface area contributed by atoms with Crippen LogP contribution in [0.3, 0.4) is 0 Å². The zero-order valence-corrected chi connectivity index (χ0v) is 5.14. The van der Waals surface area contributed by atoms with E-state index >= 15 is 0 Å². The van der Waals surface area contributed by atoms with Gasteiger partial charge in [0, 0.05) is 6.20 Å². The Morgan fingerprint density at radius 2 is 2.00 bits per heavy atom. The molecule has 0 fully saturated rings. The zero-order chi connectivity index (χ0) is 7.56. The van der Waals surface area contributed by atoms with Crippen LogP contribution in [0.5, 0.6) is 0 Å². The zero-order valence-electron chi connectivity index (χ0n) is 5.14. The second kappa shape index (κ2) is 2.40. The van der Waals surface area contributed by atoms with E-state index in [9.17, 15) is 4.79 Å². The second-order valence-corrected chi connectivity index (χ2v) is 1.69. The molecule has 5 nitrogen and oxygen atoms in total. The van der Waals surface area contributed by atoms with Crippen LogP contribution in [-0.4, -0.2) is 21.4 Å². The molecule has 0 aromatic carbocycles. The number of allylic oxidation sites excluding steroid dienone is 2. The third kappa shape index (κ3) is 1.08. The van der Waals surface area contributed by atoms with Crippen LogP contribution in [0, 0.1) is 0 Å². The normalized spacial score (nSPS) is 16.1. The van der Waals surface area contributed by atoms with Crippen LogP contribution in [0.2, 0.25) is 0 Å². The van der Waals surface area contributed by atoms with E-state index in [1.54, 1.807) is 12.2 Å². The minimum Gasteiger partial charge on any atom is -0.350 e. The Kier molecular flexibility index (Phi) is 1.59. The molecule has 0 radical (unpaired) electrons. The van der Waals surface area contributed by atoms with Gasteiger partial charge in [0.15, 0.2) is 0 Å². The summed E-state index contributed by atoms with van der Waals surface area (Å²) in [5, 5.41) is 10.3. The van der Waals surface area contributed by atoms with E-state index in [4.69, 9.17) is 10.9 Å².